The molecule has 3 aromatic carbocycles. The highest BCUT2D eigenvalue weighted by Crippen LogP contribution is 2.28. The van der Waals surface area contributed by atoms with E-state index in [0.717, 1.165) is 5.56 Å². The maximum Gasteiger partial charge on any atom is 0.329 e. The molecule has 0 spiro atoms. The predicted octanol–water partition coefficient (Wildman–Crippen LogP) is 4.41. The Morgan fingerprint density at radius 2 is 1.69 bits per heavy atom. The van der Waals surface area contributed by atoms with E-state index in [1.807, 2.05) is 37.3 Å². The first kappa shape index (κ1) is 22.8. The van der Waals surface area contributed by atoms with Crippen LogP contribution in [0.15, 0.2) is 77.9 Å². The highest BCUT2D eigenvalue weighted by atomic mass is 35.5. The van der Waals surface area contributed by atoms with Crippen LogP contribution in [0.3, 0.4) is 0 Å². The van der Waals surface area contributed by atoms with Gasteiger partial charge in [-0.05, 0) is 60.5 Å². The van der Waals surface area contributed by atoms with Crippen LogP contribution in [0, 0.1) is 0 Å². The van der Waals surface area contributed by atoms with Crippen molar-refractivity contribution in [2.45, 2.75) is 13.5 Å². The molecule has 7 nitrogen and oxygen atoms in total. The number of nitrogens with zero attached hydrogens (tertiary/aromatic N) is 1. The first-order chi connectivity index (χ1) is 15.5. The van der Waals surface area contributed by atoms with E-state index in [1.165, 1.54) is 6.21 Å². The van der Waals surface area contributed by atoms with E-state index in [-0.39, 0.29) is 0 Å². The van der Waals surface area contributed by atoms with Gasteiger partial charge < -0.3 is 14.8 Å². The lowest BCUT2D eigenvalue weighted by atomic mass is 10.2. The number of amides is 2. The Balaban J connectivity index is 1.58. The number of carbonyl (C=O) groups excluding carboxylic acids is 2. The summed E-state index contributed by atoms with van der Waals surface area (Å²) in [4.78, 5) is 23.9. The van der Waals surface area contributed by atoms with E-state index in [1.54, 1.807) is 42.5 Å². The molecular weight excluding hydrogens is 430 g/mol. The molecule has 164 valence electrons. The minimum atomic E-state index is -0.899. The number of halogens is 1. The molecule has 0 aliphatic heterocycles. The third kappa shape index (κ3) is 6.85. The SMILES string of the molecule is CCOc1cc(C=NNC(=O)C(=O)Nc2ccc(Cl)cc2)ccc1OCc1ccccc1. The number of ether oxygens (including phenoxy) is 2. The second kappa shape index (κ2) is 11.5. The third-order valence-corrected chi connectivity index (χ3v) is 4.44. The Kier molecular flexibility index (Phi) is 8.22. The summed E-state index contributed by atoms with van der Waals surface area (Å²) in [5, 5.41) is 6.83. The Bertz CT molecular complexity index is 1090. The average molecular weight is 452 g/mol. The minimum Gasteiger partial charge on any atom is -0.490 e. The summed E-state index contributed by atoms with van der Waals surface area (Å²) in [7, 11) is 0. The van der Waals surface area contributed by atoms with Gasteiger partial charge in [0.15, 0.2) is 11.5 Å². The van der Waals surface area contributed by atoms with Gasteiger partial charge in [0.05, 0.1) is 12.8 Å². The van der Waals surface area contributed by atoms with Crippen molar-refractivity contribution in [2.75, 3.05) is 11.9 Å². The van der Waals surface area contributed by atoms with E-state index in [9.17, 15) is 9.59 Å². The molecule has 0 radical (unpaired) electrons. The van der Waals surface area contributed by atoms with E-state index >= 15 is 0 Å². The van der Waals surface area contributed by atoms with Crippen LogP contribution in [0.1, 0.15) is 18.1 Å². The normalized spacial score (nSPS) is 10.6. The number of hydrazone groups is 1. The predicted molar refractivity (Wildman–Crippen MR) is 124 cm³/mol. The molecule has 2 amide bonds. The van der Waals surface area contributed by atoms with E-state index in [2.05, 4.69) is 15.8 Å². The molecule has 0 saturated carbocycles. The van der Waals surface area contributed by atoms with Gasteiger partial charge in [0.2, 0.25) is 0 Å². The van der Waals surface area contributed by atoms with Gasteiger partial charge in [-0.3, -0.25) is 9.59 Å². The summed E-state index contributed by atoms with van der Waals surface area (Å²) >= 11 is 5.80. The standard InChI is InChI=1S/C24H22ClN3O4/c1-2-31-22-14-18(8-13-21(22)32-16-17-6-4-3-5-7-17)15-26-28-24(30)23(29)27-20-11-9-19(25)10-12-20/h3-15H,2,16H2,1H3,(H,27,29)(H,28,30). The van der Waals surface area contributed by atoms with E-state index in [4.69, 9.17) is 21.1 Å². The number of hydrogen-bond donors (Lipinski definition) is 2. The fourth-order valence-corrected chi connectivity index (χ4v) is 2.79. The van der Waals surface area contributed by atoms with Crippen molar-refractivity contribution in [3.05, 3.63) is 88.9 Å². The maximum absolute atomic E-state index is 11.9. The maximum atomic E-state index is 11.9. The molecule has 32 heavy (non-hydrogen) atoms. The second-order valence-corrected chi connectivity index (χ2v) is 7.01. The molecule has 0 aromatic heterocycles. The van der Waals surface area contributed by atoms with Gasteiger partial charge >= 0.3 is 11.8 Å². The van der Waals surface area contributed by atoms with Crippen LogP contribution in [0.25, 0.3) is 0 Å². The average Bonchev–Trinajstić information content (AvgIpc) is 2.81. The third-order valence-electron chi connectivity index (χ3n) is 4.19. The van der Waals surface area contributed by atoms with Crippen molar-refractivity contribution in [3.8, 4) is 11.5 Å². The zero-order valence-corrected chi connectivity index (χ0v) is 18.1. The summed E-state index contributed by atoms with van der Waals surface area (Å²) in [6.45, 7) is 2.75. The Morgan fingerprint density at radius 1 is 0.938 bits per heavy atom. The Labute approximate surface area is 191 Å². The Morgan fingerprint density at radius 3 is 2.41 bits per heavy atom. The number of hydrogen-bond acceptors (Lipinski definition) is 5. The molecule has 0 aliphatic rings. The van der Waals surface area contributed by atoms with E-state index in [0.29, 0.717) is 41.0 Å². The van der Waals surface area contributed by atoms with Gasteiger partial charge in [0.1, 0.15) is 6.61 Å². The quantitative estimate of drug-likeness (QED) is 0.301. The van der Waals surface area contributed by atoms with Crippen molar-refractivity contribution in [2.24, 2.45) is 5.10 Å². The number of rotatable bonds is 8. The lowest BCUT2D eigenvalue weighted by Gasteiger charge is -2.12. The van der Waals surface area contributed by atoms with Gasteiger partial charge in [-0.15, -0.1) is 0 Å². The minimum absolute atomic E-state index is 0.410. The molecule has 0 bridgehead atoms. The molecule has 0 aliphatic carbocycles. The van der Waals surface area contributed by atoms with Crippen LogP contribution >= 0.6 is 11.6 Å². The number of benzene rings is 3. The first-order valence-electron chi connectivity index (χ1n) is 9.88. The number of carbonyl (C=O) groups is 2. The van der Waals surface area contributed by atoms with Gasteiger partial charge in [0, 0.05) is 10.7 Å². The second-order valence-electron chi connectivity index (χ2n) is 6.57. The van der Waals surface area contributed by atoms with Gasteiger partial charge in [-0.1, -0.05) is 41.9 Å². The van der Waals surface area contributed by atoms with Crippen LogP contribution in [0.2, 0.25) is 5.02 Å². The molecule has 3 rings (SSSR count). The van der Waals surface area contributed by atoms with Crippen LogP contribution < -0.4 is 20.2 Å². The summed E-state index contributed by atoms with van der Waals surface area (Å²) in [5.74, 6) is -0.591. The number of nitrogens with one attached hydrogen (secondary N) is 2. The zero-order valence-electron chi connectivity index (χ0n) is 17.4. The molecule has 0 heterocycles. The molecule has 3 aromatic rings. The van der Waals surface area contributed by atoms with Crippen LogP contribution in [0.5, 0.6) is 11.5 Å². The summed E-state index contributed by atoms with van der Waals surface area (Å²) in [5.41, 5.74) is 4.35. The molecule has 0 fully saturated rings. The fraction of sp³-hybridized carbons (Fsp3) is 0.125. The molecule has 0 atom stereocenters. The van der Waals surface area contributed by atoms with Crippen LogP contribution in [0.4, 0.5) is 5.69 Å². The van der Waals surface area contributed by atoms with Crippen molar-refractivity contribution < 1.29 is 19.1 Å². The lowest BCUT2D eigenvalue weighted by molar-refractivity contribution is -0.136. The largest absolute Gasteiger partial charge is 0.490 e. The molecule has 2 N–H and O–H groups in total. The van der Waals surface area contributed by atoms with Gasteiger partial charge in [-0.2, -0.15) is 5.10 Å². The van der Waals surface area contributed by atoms with Gasteiger partial charge in [0.25, 0.3) is 0 Å². The van der Waals surface area contributed by atoms with Crippen molar-refractivity contribution in [1.29, 1.82) is 0 Å². The summed E-state index contributed by atoms with van der Waals surface area (Å²) < 4.78 is 11.5. The van der Waals surface area contributed by atoms with Crippen molar-refractivity contribution in [1.82, 2.24) is 5.43 Å². The smallest absolute Gasteiger partial charge is 0.329 e. The first-order valence-corrected chi connectivity index (χ1v) is 10.3. The zero-order chi connectivity index (χ0) is 22.8. The number of anilines is 1. The van der Waals surface area contributed by atoms with Crippen LogP contribution in [-0.4, -0.2) is 24.6 Å². The lowest BCUT2D eigenvalue weighted by Crippen LogP contribution is -2.32. The van der Waals surface area contributed by atoms with Crippen molar-refractivity contribution >= 4 is 35.3 Å². The highest BCUT2D eigenvalue weighted by molar-refractivity contribution is 6.39. The summed E-state index contributed by atoms with van der Waals surface area (Å²) in [6, 6.07) is 21.5. The highest BCUT2D eigenvalue weighted by Gasteiger charge is 2.13. The molecule has 0 unspecified atom stereocenters. The molecule has 0 saturated heterocycles. The monoisotopic (exact) mass is 451 g/mol. The molecule has 8 heteroatoms. The Hall–Kier alpha value is -3.84. The van der Waals surface area contributed by atoms with E-state index < -0.39 is 11.8 Å². The fourth-order valence-electron chi connectivity index (χ4n) is 2.67. The topological polar surface area (TPSA) is 89.0 Å². The van der Waals surface area contributed by atoms with Gasteiger partial charge in [-0.25, -0.2) is 5.43 Å². The van der Waals surface area contributed by atoms with Crippen molar-refractivity contribution in [3.63, 3.8) is 0 Å². The molecular formula is C24H22ClN3O4. The summed E-state index contributed by atoms with van der Waals surface area (Å²) in [6.07, 6.45) is 1.41. The van der Waals surface area contributed by atoms with Crippen LogP contribution in [-0.2, 0) is 16.2 Å².